The molecule has 1 saturated carbocycles. The lowest BCUT2D eigenvalue weighted by atomic mass is 9.97. The molecule has 1 aromatic heterocycles. The molecule has 1 aliphatic heterocycles. The molecule has 2 heterocycles. The highest BCUT2D eigenvalue weighted by molar-refractivity contribution is 5.90. The lowest BCUT2D eigenvalue weighted by Crippen LogP contribution is -2.58. The molecule has 2 aromatic carbocycles. The lowest BCUT2D eigenvalue weighted by Gasteiger charge is -2.40. The quantitative estimate of drug-likeness (QED) is 0.225. The van der Waals surface area contributed by atoms with Gasteiger partial charge in [-0.1, -0.05) is 18.2 Å². The number of alkyl halides is 3. The monoisotopic (exact) mass is 572 g/mol. The fourth-order valence-electron chi connectivity index (χ4n) is 4.39. The van der Waals surface area contributed by atoms with Gasteiger partial charge >= 0.3 is 12.1 Å². The van der Waals surface area contributed by atoms with Crippen molar-refractivity contribution < 1.29 is 37.0 Å². The highest BCUT2D eigenvalue weighted by Crippen LogP contribution is 2.38. The van der Waals surface area contributed by atoms with Crippen LogP contribution >= 0.6 is 0 Å². The summed E-state index contributed by atoms with van der Waals surface area (Å²) in [4.78, 5) is 35.5. The molecule has 1 fully saturated rings. The first-order valence-electron chi connectivity index (χ1n) is 12.5. The zero-order valence-electron chi connectivity index (χ0n) is 21.5. The van der Waals surface area contributed by atoms with Crippen LogP contribution in [0, 0.1) is 5.82 Å². The van der Waals surface area contributed by atoms with Crippen molar-refractivity contribution in [2.24, 2.45) is 4.99 Å². The molecule has 5 rings (SSSR count). The Morgan fingerprint density at radius 1 is 1.10 bits per heavy atom. The van der Waals surface area contributed by atoms with Crippen LogP contribution < -0.4 is 16.0 Å². The number of benzene rings is 2. The second-order valence-electron chi connectivity index (χ2n) is 9.75. The number of nitrogens with zero attached hydrogens (tertiary/aromatic N) is 3. The second kappa shape index (κ2) is 10.5. The van der Waals surface area contributed by atoms with E-state index in [1.807, 2.05) is 0 Å². The number of halogens is 4. The van der Waals surface area contributed by atoms with Crippen LogP contribution in [0.15, 0.2) is 59.9 Å². The molecule has 3 aromatic rings. The first-order valence-corrected chi connectivity index (χ1v) is 12.5. The number of carbonyl (C=O) groups excluding carboxylic acids is 1. The van der Waals surface area contributed by atoms with Gasteiger partial charge in [-0.05, 0) is 55.2 Å². The first-order chi connectivity index (χ1) is 19.4. The number of aromatic nitrogens is 2. The smallest absolute Gasteiger partial charge is 0.451 e. The number of fused-ring (bicyclic) bond motifs is 1. The van der Waals surface area contributed by atoms with Crippen molar-refractivity contribution in [1.82, 2.24) is 25.9 Å². The third-order valence-electron chi connectivity index (χ3n) is 6.83. The van der Waals surface area contributed by atoms with Crippen molar-refractivity contribution in [2.45, 2.75) is 43.4 Å². The van der Waals surface area contributed by atoms with Gasteiger partial charge in [0.2, 0.25) is 17.6 Å². The molecule has 214 valence electrons. The van der Waals surface area contributed by atoms with E-state index in [9.17, 15) is 32.3 Å². The molecule has 14 heteroatoms. The van der Waals surface area contributed by atoms with Crippen LogP contribution in [0.2, 0.25) is 0 Å². The Bertz CT molecular complexity index is 1490. The van der Waals surface area contributed by atoms with Crippen molar-refractivity contribution in [2.75, 3.05) is 6.61 Å². The van der Waals surface area contributed by atoms with Crippen LogP contribution in [0.5, 0.6) is 0 Å². The van der Waals surface area contributed by atoms with Gasteiger partial charge in [0.25, 0.3) is 0 Å². The van der Waals surface area contributed by atoms with E-state index >= 15 is 0 Å². The topological polar surface area (TPSA) is 138 Å². The minimum atomic E-state index is -4.71. The molecule has 2 atom stereocenters. The van der Waals surface area contributed by atoms with Crippen LogP contribution in [-0.4, -0.2) is 45.4 Å². The van der Waals surface area contributed by atoms with Gasteiger partial charge in [-0.15, -0.1) is 0 Å². The zero-order chi connectivity index (χ0) is 29.4. The van der Waals surface area contributed by atoms with E-state index < -0.39 is 53.7 Å². The van der Waals surface area contributed by atoms with Crippen LogP contribution in [0.3, 0.4) is 0 Å². The maximum absolute atomic E-state index is 13.5. The number of aliphatic imine (C=N–C) groups is 1. The van der Waals surface area contributed by atoms with E-state index in [4.69, 9.17) is 4.74 Å². The van der Waals surface area contributed by atoms with E-state index in [1.54, 1.807) is 37.3 Å². The van der Waals surface area contributed by atoms with Gasteiger partial charge in [0.05, 0.1) is 12.0 Å². The Balaban J connectivity index is 1.48. The minimum absolute atomic E-state index is 0.286. The number of ether oxygens (including phenoxy) is 1. The Hall–Kier alpha value is -4.43. The number of nitrogens with one attached hydrogen (secondary N) is 3. The van der Waals surface area contributed by atoms with Crippen molar-refractivity contribution in [3.63, 3.8) is 0 Å². The molecule has 10 nitrogen and oxygen atoms in total. The van der Waals surface area contributed by atoms with E-state index in [1.165, 1.54) is 18.5 Å². The number of carbonyl (C=O) groups is 2. The summed E-state index contributed by atoms with van der Waals surface area (Å²) in [6.07, 6.45) is -0.734. The maximum atomic E-state index is 13.5. The molecule has 4 N–H and O–H groups in total. The van der Waals surface area contributed by atoms with Crippen LogP contribution in [0.4, 0.5) is 23.2 Å². The van der Waals surface area contributed by atoms with Crippen molar-refractivity contribution >= 4 is 23.9 Å². The average Bonchev–Trinajstić information content (AvgIpc) is 3.73. The summed E-state index contributed by atoms with van der Waals surface area (Å²) < 4.78 is 58.6. The van der Waals surface area contributed by atoms with Gasteiger partial charge in [0, 0.05) is 29.6 Å². The fourth-order valence-corrected chi connectivity index (χ4v) is 4.39. The lowest BCUT2D eigenvalue weighted by molar-refractivity contribution is -0.149. The average molecular weight is 573 g/mol. The van der Waals surface area contributed by atoms with E-state index in [-0.39, 0.29) is 18.4 Å². The molecule has 1 aliphatic carbocycles. The summed E-state index contributed by atoms with van der Waals surface area (Å²) in [7, 11) is 0. The number of carboxylic acid groups (broad SMARTS) is 1. The van der Waals surface area contributed by atoms with E-state index in [0.29, 0.717) is 22.4 Å². The predicted molar refractivity (Wildman–Crippen MR) is 137 cm³/mol. The van der Waals surface area contributed by atoms with Crippen LogP contribution in [0.25, 0.3) is 11.1 Å². The Kier molecular flexibility index (Phi) is 7.21. The normalized spacial score (nSPS) is 19.5. The number of hydrogen-bond donors (Lipinski definition) is 4. The number of hydrogen-bond acceptors (Lipinski definition) is 8. The third kappa shape index (κ3) is 5.88. The third-order valence-corrected chi connectivity index (χ3v) is 6.83. The SMILES string of the molecule is CC(N[C@@]1(OCC(=O)NC2(C(=O)O)CC2)NC=Nc2ccc(-c3ccc(F)cc3)cc21)c1cnc(C(F)(F)F)nc1. The molecule has 0 radical (unpaired) electrons. The van der Waals surface area contributed by atoms with Gasteiger partial charge in [0.15, 0.2) is 0 Å². The number of rotatable bonds is 9. The second-order valence-corrected chi connectivity index (χ2v) is 9.75. The Morgan fingerprint density at radius 2 is 1.76 bits per heavy atom. The summed E-state index contributed by atoms with van der Waals surface area (Å²) in [6, 6.07) is 10.2. The van der Waals surface area contributed by atoms with Gasteiger partial charge in [-0.2, -0.15) is 13.2 Å². The van der Waals surface area contributed by atoms with Crippen molar-refractivity contribution in [3.8, 4) is 11.1 Å². The highest BCUT2D eigenvalue weighted by atomic mass is 19.4. The standard InChI is InChI=1S/C27H24F4N6O4/c1-15(18-11-32-23(33-12-18)26(29,30)31)36-27(41-13-22(38)37-25(8-9-25)24(39)40)20-10-17(4-7-21(20)34-14-35-27)16-2-5-19(28)6-3-16/h2-7,10-12,14-15,36H,8-9,13H2,1H3,(H,34,35)(H,37,38)(H,39,40)/t15?,27-/m0/s1. The highest BCUT2D eigenvalue weighted by Gasteiger charge is 2.52. The van der Waals surface area contributed by atoms with Gasteiger partial charge in [-0.3, -0.25) is 10.1 Å². The number of carboxylic acids is 1. The number of aliphatic carboxylic acids is 1. The molecular weight excluding hydrogens is 548 g/mol. The molecule has 0 spiro atoms. The summed E-state index contributed by atoms with van der Waals surface area (Å²) in [6.45, 7) is 1.05. The van der Waals surface area contributed by atoms with Gasteiger partial charge in [-0.25, -0.2) is 24.1 Å². The summed E-state index contributed by atoms with van der Waals surface area (Å²) >= 11 is 0. The number of amides is 1. The minimum Gasteiger partial charge on any atom is -0.480 e. The fraction of sp³-hybridized carbons (Fsp3) is 0.296. The molecule has 2 aliphatic rings. The van der Waals surface area contributed by atoms with Crippen molar-refractivity contribution in [1.29, 1.82) is 0 Å². The van der Waals surface area contributed by atoms with E-state index in [0.717, 1.165) is 12.4 Å². The molecule has 0 saturated heterocycles. The van der Waals surface area contributed by atoms with Crippen molar-refractivity contribution in [3.05, 3.63) is 77.6 Å². The molecule has 1 amide bonds. The summed E-state index contributed by atoms with van der Waals surface area (Å²) in [5, 5.41) is 18.0. The largest absolute Gasteiger partial charge is 0.480 e. The molecule has 41 heavy (non-hydrogen) atoms. The van der Waals surface area contributed by atoms with Gasteiger partial charge < -0.3 is 20.5 Å². The van der Waals surface area contributed by atoms with Gasteiger partial charge in [0.1, 0.15) is 18.0 Å². The Morgan fingerprint density at radius 3 is 2.37 bits per heavy atom. The first kappa shape index (κ1) is 28.1. The predicted octanol–water partition coefficient (Wildman–Crippen LogP) is 3.78. The van der Waals surface area contributed by atoms with Crippen LogP contribution in [0.1, 0.15) is 42.8 Å². The molecular formula is C27H24F4N6O4. The summed E-state index contributed by atoms with van der Waals surface area (Å²) in [5.41, 5.74) is 1.15. The van der Waals surface area contributed by atoms with E-state index in [2.05, 4.69) is 30.9 Å². The summed E-state index contributed by atoms with van der Waals surface area (Å²) in [5.74, 6) is -5.19. The molecule has 1 unspecified atom stereocenters. The maximum Gasteiger partial charge on any atom is 0.451 e. The van der Waals surface area contributed by atoms with Crippen LogP contribution in [-0.2, 0) is 26.4 Å². The molecule has 0 bridgehead atoms. The Labute approximate surface area is 230 Å². The zero-order valence-corrected chi connectivity index (χ0v) is 21.5.